The third-order valence-electron chi connectivity index (χ3n) is 6.11. The summed E-state index contributed by atoms with van der Waals surface area (Å²) in [6, 6.07) is 0. The second kappa shape index (κ2) is 6.98. The van der Waals surface area contributed by atoms with E-state index in [1.54, 1.807) is 0 Å². The summed E-state index contributed by atoms with van der Waals surface area (Å²) < 4.78 is 19.9. The third kappa shape index (κ3) is 2.72. The van der Waals surface area contributed by atoms with Gasteiger partial charge in [0.2, 0.25) is 5.41 Å². The molecule has 0 saturated carbocycles. The van der Waals surface area contributed by atoms with Crippen LogP contribution in [0.4, 0.5) is 0 Å². The van der Waals surface area contributed by atoms with Crippen molar-refractivity contribution in [3.05, 3.63) is 0 Å². The van der Waals surface area contributed by atoms with E-state index in [4.69, 9.17) is 13.3 Å². The summed E-state index contributed by atoms with van der Waals surface area (Å²) in [5, 5.41) is 31.2. The van der Waals surface area contributed by atoms with Crippen LogP contribution in [-0.2, 0) is 13.3 Å². The largest absolute Gasteiger partial charge is 0.430 e. The first kappa shape index (κ1) is 21.5. The molecule has 0 aliphatic carbocycles. The van der Waals surface area contributed by atoms with Crippen LogP contribution in [0.15, 0.2) is 0 Å². The van der Waals surface area contributed by atoms with Crippen LogP contribution in [0.25, 0.3) is 0 Å². The highest BCUT2D eigenvalue weighted by atomic mass is 28.4. The number of rotatable bonds is 5. The molecule has 0 radical (unpaired) electrons. The van der Waals surface area contributed by atoms with Gasteiger partial charge < -0.3 is 28.6 Å². The summed E-state index contributed by atoms with van der Waals surface area (Å²) in [7, 11) is -5.55. The molecule has 2 rings (SSSR count). The van der Waals surface area contributed by atoms with Crippen molar-refractivity contribution >= 4 is 16.9 Å². The number of aliphatic hydroxyl groups is 3. The Labute approximate surface area is 153 Å². The fraction of sp³-hybridized carbons (Fsp3) is 1.00. The van der Waals surface area contributed by atoms with Crippen molar-refractivity contribution in [1.82, 2.24) is 0 Å². The SMILES string of the molecule is CC(C)[Si]1(C(C)C)OC2(O[C@H](CO)[C@@H](O)[C@H]2O)[Si](C(C)C)(C(C)C)O1. The molecule has 3 N–H and O–H groups in total. The number of hydrogen-bond donors (Lipinski definition) is 3. The number of ether oxygens (including phenoxy) is 1. The Hall–Kier alpha value is 0.194. The van der Waals surface area contributed by atoms with Crippen LogP contribution in [0.2, 0.25) is 22.2 Å². The first-order valence-corrected chi connectivity index (χ1v) is 13.5. The highest BCUT2D eigenvalue weighted by Gasteiger charge is 2.79. The Morgan fingerprint density at radius 2 is 1.36 bits per heavy atom. The minimum Gasteiger partial charge on any atom is -0.430 e. The predicted molar refractivity (Wildman–Crippen MR) is 101 cm³/mol. The molecular formula is C17H36O6Si2. The van der Waals surface area contributed by atoms with Crippen LogP contribution in [0.3, 0.4) is 0 Å². The molecule has 8 heteroatoms. The van der Waals surface area contributed by atoms with E-state index >= 15 is 0 Å². The van der Waals surface area contributed by atoms with E-state index < -0.39 is 40.6 Å². The van der Waals surface area contributed by atoms with Crippen LogP contribution in [0.1, 0.15) is 55.4 Å². The van der Waals surface area contributed by atoms with Crippen molar-refractivity contribution in [1.29, 1.82) is 0 Å². The Morgan fingerprint density at radius 1 is 0.880 bits per heavy atom. The molecule has 1 spiro atoms. The molecule has 6 nitrogen and oxygen atoms in total. The molecule has 2 fully saturated rings. The van der Waals surface area contributed by atoms with Gasteiger partial charge in [0.1, 0.15) is 18.3 Å². The molecule has 0 aromatic rings. The quantitative estimate of drug-likeness (QED) is 0.623. The minimum absolute atomic E-state index is 0.124. The van der Waals surface area contributed by atoms with Gasteiger partial charge in [-0.25, -0.2) is 0 Å². The lowest BCUT2D eigenvalue weighted by Gasteiger charge is -2.45. The molecule has 2 saturated heterocycles. The maximum absolute atomic E-state index is 11.0. The zero-order chi connectivity index (χ0) is 19.4. The van der Waals surface area contributed by atoms with Gasteiger partial charge >= 0.3 is 8.56 Å². The normalized spacial score (nSPS) is 37.3. The van der Waals surface area contributed by atoms with Crippen molar-refractivity contribution in [2.45, 2.75) is 101 Å². The molecule has 1 unspecified atom stereocenters. The summed E-state index contributed by atoms with van der Waals surface area (Å²) in [6.45, 7) is 16.4. The highest BCUT2D eigenvalue weighted by molar-refractivity contribution is 6.92. The summed E-state index contributed by atoms with van der Waals surface area (Å²) >= 11 is 0. The molecule has 2 aliphatic rings. The molecule has 148 valence electrons. The lowest BCUT2D eigenvalue weighted by atomic mass is 10.1. The van der Waals surface area contributed by atoms with E-state index in [2.05, 4.69) is 55.4 Å². The van der Waals surface area contributed by atoms with E-state index in [1.165, 1.54) is 0 Å². The zero-order valence-corrected chi connectivity index (χ0v) is 18.8. The van der Waals surface area contributed by atoms with E-state index in [0.717, 1.165) is 0 Å². The molecule has 0 aromatic carbocycles. The molecular weight excluding hydrogens is 356 g/mol. The van der Waals surface area contributed by atoms with Gasteiger partial charge in [0.05, 0.1) is 6.61 Å². The van der Waals surface area contributed by atoms with Gasteiger partial charge in [0.15, 0.2) is 0 Å². The Balaban J connectivity index is 2.70. The van der Waals surface area contributed by atoms with Gasteiger partial charge in [-0.1, -0.05) is 55.4 Å². The first-order valence-electron chi connectivity index (χ1n) is 9.48. The standard InChI is InChI=1S/C17H36O6Si2/c1-10(2)24(11(3)4)17(16(20)15(19)14(9-18)21-17)22-25(23-24,12(5)6)13(7)8/h10-16,18-20H,9H2,1-8H3/t14-,15-,16-,17?/m1/s1. The molecule has 4 atom stereocenters. The van der Waals surface area contributed by atoms with Gasteiger partial charge in [-0.15, -0.1) is 0 Å². The molecule has 2 aliphatic heterocycles. The maximum atomic E-state index is 11.0. The Bertz CT molecular complexity index is 468. The maximum Gasteiger partial charge on any atom is 0.335 e. The lowest BCUT2D eigenvalue weighted by molar-refractivity contribution is -0.163. The fourth-order valence-electron chi connectivity index (χ4n) is 4.86. The van der Waals surface area contributed by atoms with Crippen molar-refractivity contribution in [3.8, 4) is 0 Å². The van der Waals surface area contributed by atoms with Crippen molar-refractivity contribution < 1.29 is 28.6 Å². The summed E-state index contributed by atoms with van der Waals surface area (Å²) in [4.78, 5) is 0. The van der Waals surface area contributed by atoms with Crippen molar-refractivity contribution in [3.63, 3.8) is 0 Å². The van der Waals surface area contributed by atoms with Crippen LogP contribution < -0.4 is 0 Å². The fourth-order valence-corrected chi connectivity index (χ4v) is 19.0. The van der Waals surface area contributed by atoms with E-state index in [1.807, 2.05) is 0 Å². The Kier molecular flexibility index (Phi) is 6.00. The van der Waals surface area contributed by atoms with Crippen LogP contribution in [0.5, 0.6) is 0 Å². The Morgan fingerprint density at radius 3 is 1.68 bits per heavy atom. The second-order valence-corrected chi connectivity index (χ2v) is 18.1. The summed E-state index contributed by atoms with van der Waals surface area (Å²) in [5.74, 6) is 0. The predicted octanol–water partition coefficient (Wildman–Crippen LogP) is 2.41. The number of hydrogen-bond acceptors (Lipinski definition) is 6. The van der Waals surface area contributed by atoms with Gasteiger partial charge in [0.25, 0.3) is 8.32 Å². The van der Waals surface area contributed by atoms with E-state index in [-0.39, 0.29) is 28.8 Å². The van der Waals surface area contributed by atoms with Gasteiger partial charge in [-0.3, -0.25) is 0 Å². The van der Waals surface area contributed by atoms with Crippen LogP contribution >= 0.6 is 0 Å². The zero-order valence-electron chi connectivity index (χ0n) is 16.8. The van der Waals surface area contributed by atoms with Crippen LogP contribution in [0, 0.1) is 0 Å². The highest BCUT2D eigenvalue weighted by Crippen LogP contribution is 2.60. The lowest BCUT2D eigenvalue weighted by Crippen LogP contribution is -2.66. The first-order chi connectivity index (χ1) is 11.4. The molecule has 2 heterocycles. The topological polar surface area (TPSA) is 88.4 Å². The molecule has 25 heavy (non-hydrogen) atoms. The number of aliphatic hydroxyl groups excluding tert-OH is 3. The smallest absolute Gasteiger partial charge is 0.335 e. The van der Waals surface area contributed by atoms with Crippen LogP contribution in [-0.4, -0.2) is 62.5 Å². The van der Waals surface area contributed by atoms with E-state index in [9.17, 15) is 15.3 Å². The molecule has 0 aromatic heterocycles. The van der Waals surface area contributed by atoms with Gasteiger partial charge in [-0.2, -0.15) is 0 Å². The monoisotopic (exact) mass is 392 g/mol. The summed E-state index contributed by atoms with van der Waals surface area (Å²) in [5.41, 5.74) is -0.727. The van der Waals surface area contributed by atoms with Gasteiger partial charge in [-0.05, 0) is 22.2 Å². The van der Waals surface area contributed by atoms with E-state index in [0.29, 0.717) is 0 Å². The van der Waals surface area contributed by atoms with Crippen molar-refractivity contribution in [2.24, 2.45) is 0 Å². The minimum atomic E-state index is -2.83. The third-order valence-corrected chi connectivity index (χ3v) is 17.8. The summed E-state index contributed by atoms with van der Waals surface area (Å²) in [6.07, 6.45) is -3.25. The van der Waals surface area contributed by atoms with Crippen molar-refractivity contribution in [2.75, 3.05) is 6.61 Å². The molecule has 0 amide bonds. The van der Waals surface area contributed by atoms with Gasteiger partial charge in [0, 0.05) is 0 Å². The average Bonchev–Trinajstić information content (AvgIpc) is 2.97. The second-order valence-electron chi connectivity index (χ2n) is 8.78. The molecule has 0 bridgehead atoms. The average molecular weight is 393 g/mol.